The van der Waals surface area contributed by atoms with Gasteiger partial charge < -0.3 is 35.1 Å². The zero-order valence-corrected chi connectivity index (χ0v) is 10.4. The van der Waals surface area contributed by atoms with Gasteiger partial charge in [0.15, 0.2) is 6.10 Å². The molecule has 0 fully saturated rings. The van der Waals surface area contributed by atoms with E-state index in [1.807, 2.05) is 0 Å². The number of carbonyl (C=O) groups is 1. The molecule has 0 aromatic rings. The maximum Gasteiger partial charge on any atom is 0.477 e. The van der Waals surface area contributed by atoms with Crippen molar-refractivity contribution < 1.29 is 53.3 Å². The molecule has 0 bridgehead atoms. The van der Waals surface area contributed by atoms with E-state index in [-0.39, 0.29) is 0 Å². The Bertz CT molecular complexity index is 387. The third kappa shape index (κ3) is 5.21. The van der Waals surface area contributed by atoms with Gasteiger partial charge in [-0.1, -0.05) is 0 Å². The number of aliphatic hydroxyl groups excluding tert-OH is 4. The van der Waals surface area contributed by atoms with Gasteiger partial charge in [0.05, 0.1) is 6.61 Å². The highest BCUT2D eigenvalue weighted by Crippen LogP contribution is 2.57. The lowest BCUT2D eigenvalue weighted by atomic mass is 10.1. The van der Waals surface area contributed by atoms with Crippen LogP contribution in [0.2, 0.25) is 0 Å². The molecule has 0 saturated heterocycles. The van der Waals surface area contributed by atoms with Gasteiger partial charge in [0, 0.05) is 0 Å². The van der Waals surface area contributed by atoms with E-state index in [1.165, 1.54) is 0 Å². The summed E-state index contributed by atoms with van der Waals surface area (Å²) >= 11 is 0. The van der Waals surface area contributed by atoms with Crippen LogP contribution < -0.4 is 0 Å². The van der Waals surface area contributed by atoms with Gasteiger partial charge in [-0.15, -0.1) is 0 Å². The fourth-order valence-corrected chi connectivity index (χ4v) is 2.78. The van der Waals surface area contributed by atoms with Crippen molar-refractivity contribution in [2.75, 3.05) is 6.61 Å². The largest absolute Gasteiger partial charge is 0.477 e. The number of aliphatic hydroxyl groups is 4. The summed E-state index contributed by atoms with van der Waals surface area (Å²) in [5, 5.41) is 35.4. The summed E-state index contributed by atoms with van der Waals surface area (Å²) in [6.07, 6.45) is -7.00. The second kappa shape index (κ2) is 6.31. The van der Waals surface area contributed by atoms with Crippen LogP contribution in [0.1, 0.15) is 0 Å². The van der Waals surface area contributed by atoms with Crippen LogP contribution in [0.4, 0.5) is 0 Å². The molecule has 0 radical (unpaired) electrons. The van der Waals surface area contributed by atoms with Gasteiger partial charge in [-0.2, -0.15) is 0 Å². The van der Waals surface area contributed by atoms with Gasteiger partial charge >= 0.3 is 15.4 Å². The van der Waals surface area contributed by atoms with Crippen LogP contribution in [0.25, 0.3) is 0 Å². The molecule has 108 valence electrons. The molecule has 0 saturated carbocycles. The van der Waals surface area contributed by atoms with Crippen LogP contribution in [0.5, 0.6) is 0 Å². The van der Waals surface area contributed by atoms with Gasteiger partial charge in [-0.05, 0) is 0 Å². The Balaban J connectivity index is 4.94. The standard InChI is InChI=1S/C5H12O11P2/c6-1-2(7)3(8)4(9)5(10)17(11,12)16-18(13,14)15/h2-4,6-9H,1H2,(H,11,12)(H2,13,14,15). The third-order valence-corrected chi connectivity index (χ3v) is 4.21. The summed E-state index contributed by atoms with van der Waals surface area (Å²) in [6, 6.07) is 0. The van der Waals surface area contributed by atoms with Gasteiger partial charge in [-0.25, -0.2) is 8.88 Å². The van der Waals surface area contributed by atoms with Crippen molar-refractivity contribution in [2.45, 2.75) is 18.3 Å². The fourth-order valence-electron chi connectivity index (χ4n) is 0.816. The monoisotopic (exact) mass is 310 g/mol. The van der Waals surface area contributed by atoms with Crippen molar-refractivity contribution in [3.8, 4) is 0 Å². The molecule has 0 spiro atoms. The first-order valence-electron chi connectivity index (χ1n) is 4.21. The van der Waals surface area contributed by atoms with E-state index in [0.717, 1.165) is 0 Å². The Labute approximate surface area is 100 Å². The van der Waals surface area contributed by atoms with Crippen LogP contribution >= 0.6 is 15.4 Å². The molecule has 4 unspecified atom stereocenters. The molecule has 0 aliphatic heterocycles. The van der Waals surface area contributed by atoms with E-state index < -0.39 is 45.9 Å². The first-order chi connectivity index (χ1) is 7.92. The Morgan fingerprint density at radius 3 is 1.89 bits per heavy atom. The van der Waals surface area contributed by atoms with Crippen LogP contribution in [-0.4, -0.2) is 65.5 Å². The summed E-state index contributed by atoms with van der Waals surface area (Å²) in [7, 11) is -11.1. The van der Waals surface area contributed by atoms with E-state index in [2.05, 4.69) is 4.31 Å². The Kier molecular flexibility index (Phi) is 6.24. The number of hydrogen-bond donors (Lipinski definition) is 7. The van der Waals surface area contributed by atoms with E-state index in [1.54, 1.807) is 0 Å². The van der Waals surface area contributed by atoms with Crippen molar-refractivity contribution in [2.24, 2.45) is 0 Å². The predicted octanol–water partition coefficient (Wildman–Crippen LogP) is -3.12. The second-order valence-corrected chi connectivity index (χ2v) is 6.23. The molecule has 13 heteroatoms. The number of rotatable bonds is 7. The topological polar surface area (TPSA) is 202 Å². The summed E-state index contributed by atoms with van der Waals surface area (Å²) in [5.41, 5.74) is -2.13. The molecule has 18 heavy (non-hydrogen) atoms. The average Bonchev–Trinajstić information content (AvgIpc) is 2.21. The zero-order valence-electron chi connectivity index (χ0n) is 8.60. The quantitative estimate of drug-likeness (QED) is 0.234. The molecule has 0 amide bonds. The van der Waals surface area contributed by atoms with E-state index in [0.29, 0.717) is 0 Å². The van der Waals surface area contributed by atoms with Gasteiger partial charge in [0.2, 0.25) is 0 Å². The van der Waals surface area contributed by atoms with Gasteiger partial charge in [-0.3, -0.25) is 9.36 Å². The highest BCUT2D eigenvalue weighted by Gasteiger charge is 2.45. The predicted molar refractivity (Wildman–Crippen MR) is 53.1 cm³/mol. The number of phosphoric acid groups is 1. The molecule has 0 rings (SSSR count). The highest BCUT2D eigenvalue weighted by molar-refractivity contribution is 7.76. The smallest absolute Gasteiger partial charge is 0.394 e. The Morgan fingerprint density at radius 1 is 1.11 bits per heavy atom. The molecule has 4 atom stereocenters. The van der Waals surface area contributed by atoms with Crippen molar-refractivity contribution in [1.29, 1.82) is 0 Å². The van der Waals surface area contributed by atoms with Crippen LogP contribution in [0.15, 0.2) is 0 Å². The molecule has 0 aromatic heterocycles. The molecule has 11 nitrogen and oxygen atoms in total. The van der Waals surface area contributed by atoms with Crippen molar-refractivity contribution >= 4 is 20.9 Å². The van der Waals surface area contributed by atoms with E-state index in [4.69, 9.17) is 35.1 Å². The third-order valence-electron chi connectivity index (χ3n) is 1.65. The molecule has 0 heterocycles. The summed E-state index contributed by atoms with van der Waals surface area (Å²) in [6.45, 7) is -1.07. The molecular weight excluding hydrogens is 298 g/mol. The van der Waals surface area contributed by atoms with E-state index in [9.17, 15) is 13.9 Å². The summed E-state index contributed by atoms with van der Waals surface area (Å²) in [4.78, 5) is 36.5. The maximum absolute atomic E-state index is 11.1. The average molecular weight is 310 g/mol. The molecule has 0 aromatic carbocycles. The number of carbonyl (C=O) groups excluding carboxylic acids is 1. The molecular formula is C5H12O11P2. The molecule has 0 aliphatic rings. The van der Waals surface area contributed by atoms with Crippen LogP contribution in [0, 0.1) is 0 Å². The summed E-state index contributed by atoms with van der Waals surface area (Å²) < 4.78 is 24.6. The SMILES string of the molecule is O=C(C(O)C(O)C(O)CO)P(=O)(O)OP(=O)(O)O. The highest BCUT2D eigenvalue weighted by atomic mass is 31.3. The molecule has 0 aliphatic carbocycles. The Morgan fingerprint density at radius 2 is 1.56 bits per heavy atom. The van der Waals surface area contributed by atoms with Crippen molar-refractivity contribution in [3.05, 3.63) is 0 Å². The summed E-state index contributed by atoms with van der Waals surface area (Å²) in [5.74, 6) is 0. The minimum Gasteiger partial charge on any atom is -0.394 e. The first kappa shape index (κ1) is 17.8. The second-order valence-electron chi connectivity index (χ2n) is 3.12. The van der Waals surface area contributed by atoms with Crippen molar-refractivity contribution in [3.63, 3.8) is 0 Å². The lowest BCUT2D eigenvalue weighted by molar-refractivity contribution is -0.133. The Hall–Kier alpha value is -0.190. The molecule has 7 N–H and O–H groups in total. The number of hydrogen-bond acceptors (Lipinski definition) is 8. The van der Waals surface area contributed by atoms with Crippen LogP contribution in [-0.2, 0) is 18.2 Å². The first-order valence-corrected chi connectivity index (χ1v) is 7.32. The van der Waals surface area contributed by atoms with Gasteiger partial charge in [0.25, 0.3) is 5.52 Å². The minimum atomic E-state index is -5.57. The van der Waals surface area contributed by atoms with Crippen molar-refractivity contribution in [1.82, 2.24) is 0 Å². The fraction of sp³-hybridized carbons (Fsp3) is 0.800. The zero-order chi connectivity index (χ0) is 14.7. The normalized spacial score (nSPS) is 20.8. The lowest BCUT2D eigenvalue weighted by Gasteiger charge is -2.21. The maximum atomic E-state index is 11.1. The van der Waals surface area contributed by atoms with Crippen LogP contribution in [0.3, 0.4) is 0 Å². The van der Waals surface area contributed by atoms with Gasteiger partial charge in [0.1, 0.15) is 12.2 Å². The minimum absolute atomic E-state index is 1.07. The van der Waals surface area contributed by atoms with E-state index >= 15 is 0 Å². The lowest BCUT2D eigenvalue weighted by Crippen LogP contribution is -2.43.